The zero-order chi connectivity index (χ0) is 17.0. The van der Waals surface area contributed by atoms with Crippen molar-refractivity contribution in [3.63, 3.8) is 0 Å². The minimum atomic E-state index is -4.87. The quantitative estimate of drug-likeness (QED) is 0.642. The Hall–Kier alpha value is -1.77. The van der Waals surface area contributed by atoms with Gasteiger partial charge in [-0.2, -0.15) is 26.3 Å². The third kappa shape index (κ3) is 5.55. The summed E-state index contributed by atoms with van der Waals surface area (Å²) in [5, 5.41) is 2.67. The second-order valence-electron chi connectivity index (χ2n) is 4.63. The number of carbonyl (C=O) groups excluding carboxylic acids is 1. The maximum absolute atomic E-state index is 12.7. The molecule has 0 spiro atoms. The highest BCUT2D eigenvalue weighted by Crippen LogP contribution is 2.36. The van der Waals surface area contributed by atoms with E-state index >= 15 is 0 Å². The van der Waals surface area contributed by atoms with Gasteiger partial charge in [0, 0.05) is 12.6 Å². The van der Waals surface area contributed by atoms with Gasteiger partial charge in [0.05, 0.1) is 11.1 Å². The average molecular weight is 329 g/mol. The normalized spacial score (nSPS) is 13.8. The summed E-state index contributed by atoms with van der Waals surface area (Å²) < 4.78 is 80.4. The Morgan fingerprint density at radius 3 is 2.00 bits per heavy atom. The van der Waals surface area contributed by atoms with Crippen LogP contribution in [0.3, 0.4) is 0 Å². The van der Waals surface area contributed by atoms with Crippen molar-refractivity contribution in [2.24, 2.45) is 0 Å². The van der Waals surface area contributed by atoms with Gasteiger partial charge in [-0.3, -0.25) is 4.79 Å². The van der Waals surface area contributed by atoms with Crippen LogP contribution in [-0.4, -0.2) is 19.1 Å². The van der Waals surface area contributed by atoms with E-state index in [9.17, 15) is 31.1 Å². The summed E-state index contributed by atoms with van der Waals surface area (Å²) >= 11 is 0. The molecule has 0 fully saturated rings. The molecule has 0 saturated carbocycles. The number of halogens is 6. The van der Waals surface area contributed by atoms with Gasteiger partial charge < -0.3 is 10.1 Å². The lowest BCUT2D eigenvalue weighted by Crippen LogP contribution is -2.30. The van der Waals surface area contributed by atoms with Gasteiger partial charge in [0.15, 0.2) is 0 Å². The largest absolute Gasteiger partial charge is 0.466 e. The number of carbonyl (C=O) groups is 1. The summed E-state index contributed by atoms with van der Waals surface area (Å²) in [6.45, 7) is 1.50. The van der Waals surface area contributed by atoms with Crippen LogP contribution in [0.4, 0.5) is 26.3 Å². The molecule has 0 aliphatic carbocycles. The standard InChI is InChI=1S/C13H13F6NO2/c1-8(6-22-7-21)20-5-9-2-10(12(14,15)16)4-11(3-9)13(17,18)19/h2-4,7-8,20H,5-6H2,1H3. The van der Waals surface area contributed by atoms with Crippen LogP contribution in [0.15, 0.2) is 18.2 Å². The van der Waals surface area contributed by atoms with Crippen LogP contribution >= 0.6 is 0 Å². The molecule has 1 unspecified atom stereocenters. The molecule has 9 heteroatoms. The van der Waals surface area contributed by atoms with E-state index in [2.05, 4.69) is 10.1 Å². The van der Waals surface area contributed by atoms with Gasteiger partial charge in [0.2, 0.25) is 0 Å². The lowest BCUT2D eigenvalue weighted by Gasteiger charge is -2.16. The molecule has 0 aliphatic rings. The molecular formula is C13H13F6NO2. The summed E-state index contributed by atoms with van der Waals surface area (Å²) in [5.41, 5.74) is -2.90. The molecule has 0 saturated heterocycles. The van der Waals surface area contributed by atoms with Crippen LogP contribution in [0, 0.1) is 0 Å². The fraction of sp³-hybridized carbons (Fsp3) is 0.462. The Kier molecular flexibility index (Phi) is 5.81. The van der Waals surface area contributed by atoms with E-state index in [1.54, 1.807) is 6.92 Å². The summed E-state index contributed by atoms with van der Waals surface area (Å²) in [7, 11) is 0. The molecule has 124 valence electrons. The molecule has 3 nitrogen and oxygen atoms in total. The monoisotopic (exact) mass is 329 g/mol. The Balaban J connectivity index is 2.96. The SMILES string of the molecule is CC(COC=O)NCc1cc(C(F)(F)F)cc(C(F)(F)F)c1. The molecule has 1 aromatic rings. The van der Waals surface area contributed by atoms with Gasteiger partial charge in [-0.1, -0.05) is 0 Å². The van der Waals surface area contributed by atoms with Crippen LogP contribution in [0.25, 0.3) is 0 Å². The van der Waals surface area contributed by atoms with Crippen molar-refractivity contribution < 1.29 is 35.9 Å². The van der Waals surface area contributed by atoms with Crippen molar-refractivity contribution in [1.82, 2.24) is 5.32 Å². The fourth-order valence-corrected chi connectivity index (χ4v) is 1.66. The van der Waals surface area contributed by atoms with E-state index in [1.165, 1.54) is 0 Å². The summed E-state index contributed by atoms with van der Waals surface area (Å²) in [5.74, 6) is 0. The number of nitrogens with one attached hydrogen (secondary N) is 1. The minimum Gasteiger partial charge on any atom is -0.466 e. The van der Waals surface area contributed by atoms with Gasteiger partial charge >= 0.3 is 12.4 Å². The van der Waals surface area contributed by atoms with Gasteiger partial charge in [0.1, 0.15) is 6.61 Å². The molecule has 22 heavy (non-hydrogen) atoms. The smallest absolute Gasteiger partial charge is 0.416 e. The molecule has 1 rings (SSSR count). The van der Waals surface area contributed by atoms with Gasteiger partial charge in [0.25, 0.3) is 6.47 Å². The highest BCUT2D eigenvalue weighted by atomic mass is 19.4. The first-order chi connectivity index (χ1) is 10.0. The summed E-state index contributed by atoms with van der Waals surface area (Å²) in [4.78, 5) is 9.99. The molecule has 0 bridgehead atoms. The van der Waals surface area contributed by atoms with Crippen LogP contribution in [0.2, 0.25) is 0 Å². The minimum absolute atomic E-state index is 0.0470. The highest BCUT2D eigenvalue weighted by Gasteiger charge is 2.36. The van der Waals surface area contributed by atoms with Gasteiger partial charge in [-0.25, -0.2) is 0 Å². The van der Waals surface area contributed by atoms with Crippen molar-refractivity contribution in [2.45, 2.75) is 31.9 Å². The Labute approximate surface area is 122 Å². The Morgan fingerprint density at radius 2 is 1.59 bits per heavy atom. The molecule has 0 heterocycles. The van der Waals surface area contributed by atoms with E-state index in [-0.39, 0.29) is 31.3 Å². The van der Waals surface area contributed by atoms with E-state index in [0.29, 0.717) is 12.1 Å². The molecule has 0 amide bonds. The number of alkyl halides is 6. The van der Waals surface area contributed by atoms with E-state index in [1.807, 2.05) is 0 Å². The molecule has 0 aromatic heterocycles. The number of benzene rings is 1. The number of ether oxygens (including phenoxy) is 1. The van der Waals surface area contributed by atoms with Crippen molar-refractivity contribution in [2.75, 3.05) is 6.61 Å². The lowest BCUT2D eigenvalue weighted by molar-refractivity contribution is -0.143. The first kappa shape index (κ1) is 18.3. The zero-order valence-corrected chi connectivity index (χ0v) is 11.4. The topological polar surface area (TPSA) is 38.3 Å². The lowest BCUT2D eigenvalue weighted by atomic mass is 10.0. The highest BCUT2D eigenvalue weighted by molar-refractivity contribution is 5.37. The van der Waals surface area contributed by atoms with Crippen LogP contribution in [-0.2, 0) is 28.4 Å². The number of hydrogen-bond acceptors (Lipinski definition) is 3. The van der Waals surface area contributed by atoms with Crippen molar-refractivity contribution >= 4 is 6.47 Å². The first-order valence-electron chi connectivity index (χ1n) is 6.11. The van der Waals surface area contributed by atoms with E-state index in [4.69, 9.17) is 0 Å². The summed E-state index contributed by atoms with van der Waals surface area (Å²) in [6, 6.07) is 0.946. The predicted octanol–water partition coefficient (Wildman–Crippen LogP) is 3.38. The zero-order valence-electron chi connectivity index (χ0n) is 11.4. The molecule has 1 N–H and O–H groups in total. The van der Waals surface area contributed by atoms with Gasteiger partial charge in [-0.15, -0.1) is 0 Å². The second-order valence-corrected chi connectivity index (χ2v) is 4.63. The first-order valence-corrected chi connectivity index (χ1v) is 6.11. The Bertz CT molecular complexity index is 480. The van der Waals surface area contributed by atoms with Crippen molar-refractivity contribution in [3.05, 3.63) is 34.9 Å². The summed E-state index contributed by atoms with van der Waals surface area (Å²) in [6.07, 6.45) is -9.75. The molecule has 1 aromatic carbocycles. The predicted molar refractivity (Wildman–Crippen MR) is 64.8 cm³/mol. The maximum Gasteiger partial charge on any atom is 0.416 e. The van der Waals surface area contributed by atoms with Crippen LogP contribution in [0.1, 0.15) is 23.6 Å². The third-order valence-corrected chi connectivity index (χ3v) is 2.72. The fourth-order valence-electron chi connectivity index (χ4n) is 1.66. The molecule has 0 aliphatic heterocycles. The second kappa shape index (κ2) is 6.99. The third-order valence-electron chi connectivity index (χ3n) is 2.72. The average Bonchev–Trinajstić information content (AvgIpc) is 2.40. The van der Waals surface area contributed by atoms with E-state index in [0.717, 1.165) is 0 Å². The maximum atomic E-state index is 12.7. The van der Waals surface area contributed by atoms with Crippen LogP contribution in [0.5, 0.6) is 0 Å². The molecule has 0 radical (unpaired) electrons. The van der Waals surface area contributed by atoms with E-state index < -0.39 is 29.5 Å². The number of hydrogen-bond donors (Lipinski definition) is 1. The molecular weight excluding hydrogens is 316 g/mol. The van der Waals surface area contributed by atoms with Crippen molar-refractivity contribution in [1.29, 1.82) is 0 Å². The molecule has 1 atom stereocenters. The number of rotatable bonds is 6. The Morgan fingerprint density at radius 1 is 1.09 bits per heavy atom. The van der Waals surface area contributed by atoms with Crippen molar-refractivity contribution in [3.8, 4) is 0 Å². The van der Waals surface area contributed by atoms with Crippen LogP contribution < -0.4 is 5.32 Å². The van der Waals surface area contributed by atoms with Gasteiger partial charge in [-0.05, 0) is 30.7 Å².